The summed E-state index contributed by atoms with van der Waals surface area (Å²) in [6.07, 6.45) is 4.11. The van der Waals surface area contributed by atoms with Gasteiger partial charge in [0.2, 0.25) is 0 Å². The second kappa shape index (κ2) is 15.3. The molecule has 0 bridgehead atoms. The third-order valence-corrected chi connectivity index (χ3v) is 6.94. The number of unbranched alkanes of at least 4 members (excludes halogenated alkanes) is 1. The number of methoxy groups -OCH3 is 2. The van der Waals surface area contributed by atoms with Crippen molar-refractivity contribution < 1.29 is 22.8 Å². The highest BCUT2D eigenvalue weighted by atomic mass is 32.1. The molecule has 0 rings (SSSR count). The number of hydrogen-bond acceptors (Lipinski definition) is 7. The Morgan fingerprint density at radius 3 is 1.55 bits per heavy atom. The van der Waals surface area contributed by atoms with Crippen molar-refractivity contribution in [2.45, 2.75) is 44.4 Å². The van der Waals surface area contributed by atoms with Crippen molar-refractivity contribution in [2.75, 3.05) is 47.1 Å². The highest BCUT2D eigenvalue weighted by molar-refractivity contribution is 7.80. The molecule has 0 fully saturated rings. The summed E-state index contributed by atoms with van der Waals surface area (Å²) in [5, 5.41) is 0. The van der Waals surface area contributed by atoms with Crippen LogP contribution in [-0.4, -0.2) is 61.6 Å². The highest BCUT2D eigenvalue weighted by Crippen LogP contribution is 2.18. The predicted octanol–water partition coefficient (Wildman–Crippen LogP) is 3.28. The molecule has 8 heteroatoms. The summed E-state index contributed by atoms with van der Waals surface area (Å²) in [5.41, 5.74) is 0. The molecule has 5 nitrogen and oxygen atoms in total. The Kier molecular flexibility index (Phi) is 17.3. The van der Waals surface area contributed by atoms with Crippen LogP contribution in [0.2, 0.25) is 6.04 Å². The number of ether oxygens (including phenoxy) is 2. The van der Waals surface area contributed by atoms with Crippen molar-refractivity contribution in [3.05, 3.63) is 0 Å². The fourth-order valence-electron chi connectivity index (χ4n) is 1.70. The van der Waals surface area contributed by atoms with Crippen LogP contribution in [0.3, 0.4) is 0 Å². The van der Waals surface area contributed by atoms with E-state index < -0.39 is 14.6 Å². The SMILES string of the molecule is COC(C)(CCCCS)OC.CO[Si](CCCS)(OC)OC. The first-order chi connectivity index (χ1) is 10.4. The normalized spacial score (nSPS) is 12.0. The molecule has 0 atom stereocenters. The van der Waals surface area contributed by atoms with E-state index in [1.54, 1.807) is 35.5 Å². The Labute approximate surface area is 148 Å². The van der Waals surface area contributed by atoms with Gasteiger partial charge in [0.15, 0.2) is 5.79 Å². The first-order valence-corrected chi connectivity index (χ1v) is 10.6. The zero-order valence-electron chi connectivity index (χ0n) is 14.9. The quantitative estimate of drug-likeness (QED) is 0.238. The second-order valence-corrected chi connectivity index (χ2v) is 8.83. The average Bonchev–Trinajstić information content (AvgIpc) is 2.57. The molecule has 136 valence electrons. The molecular formula is C14H34O5S2Si. The lowest BCUT2D eigenvalue weighted by molar-refractivity contribution is -0.197. The van der Waals surface area contributed by atoms with Gasteiger partial charge >= 0.3 is 8.80 Å². The van der Waals surface area contributed by atoms with Crippen LogP contribution in [0.15, 0.2) is 0 Å². The monoisotopic (exact) mass is 374 g/mol. The lowest BCUT2D eigenvalue weighted by Gasteiger charge is -2.26. The Morgan fingerprint density at radius 1 is 0.773 bits per heavy atom. The van der Waals surface area contributed by atoms with Crippen LogP contribution in [0.4, 0.5) is 0 Å². The van der Waals surface area contributed by atoms with E-state index in [1.807, 2.05) is 6.92 Å². The summed E-state index contributed by atoms with van der Waals surface area (Å²) >= 11 is 8.23. The fourth-order valence-corrected chi connectivity index (χ4v) is 4.10. The van der Waals surface area contributed by atoms with E-state index in [0.717, 1.165) is 43.2 Å². The van der Waals surface area contributed by atoms with Crippen LogP contribution in [-0.2, 0) is 22.8 Å². The van der Waals surface area contributed by atoms with Crippen molar-refractivity contribution in [3.8, 4) is 0 Å². The van der Waals surface area contributed by atoms with Crippen molar-refractivity contribution >= 4 is 34.1 Å². The standard InChI is InChI=1S/C8H18O2S.C6H16O3SSi/c1-8(9-2,10-3)6-4-5-7-11;1-7-11(8-2,9-3)6-4-5-10/h11H,4-7H2,1-3H3;10H,4-6H2,1-3H3. The minimum Gasteiger partial charge on any atom is -0.377 e. The Hall–Kier alpha value is 0.717. The molecule has 0 radical (unpaired) electrons. The van der Waals surface area contributed by atoms with Gasteiger partial charge in [-0.2, -0.15) is 25.3 Å². The molecule has 0 saturated carbocycles. The predicted molar refractivity (Wildman–Crippen MR) is 100 cm³/mol. The summed E-state index contributed by atoms with van der Waals surface area (Å²) in [4.78, 5) is 0. The largest absolute Gasteiger partial charge is 0.500 e. The molecule has 0 heterocycles. The van der Waals surface area contributed by atoms with Gasteiger partial charge in [-0.3, -0.25) is 0 Å². The zero-order chi connectivity index (χ0) is 17.5. The Balaban J connectivity index is 0. The van der Waals surface area contributed by atoms with Crippen molar-refractivity contribution in [1.29, 1.82) is 0 Å². The van der Waals surface area contributed by atoms with Gasteiger partial charge in [-0.25, -0.2) is 0 Å². The van der Waals surface area contributed by atoms with Crippen molar-refractivity contribution in [1.82, 2.24) is 0 Å². The molecule has 0 aliphatic carbocycles. The van der Waals surface area contributed by atoms with E-state index in [1.165, 1.54) is 0 Å². The first-order valence-electron chi connectivity index (χ1n) is 7.40. The van der Waals surface area contributed by atoms with Crippen LogP contribution in [0.25, 0.3) is 0 Å². The molecule has 0 aliphatic heterocycles. The second-order valence-electron chi connectivity index (χ2n) is 4.85. The van der Waals surface area contributed by atoms with Gasteiger partial charge < -0.3 is 22.8 Å². The van der Waals surface area contributed by atoms with Crippen LogP contribution in [0.1, 0.15) is 32.6 Å². The van der Waals surface area contributed by atoms with Crippen LogP contribution in [0.5, 0.6) is 0 Å². The summed E-state index contributed by atoms with van der Waals surface area (Å²) in [7, 11) is 5.92. The topological polar surface area (TPSA) is 46.2 Å². The summed E-state index contributed by atoms with van der Waals surface area (Å²) in [6, 6.07) is 0.833. The van der Waals surface area contributed by atoms with E-state index >= 15 is 0 Å². The third-order valence-electron chi connectivity index (χ3n) is 3.48. The van der Waals surface area contributed by atoms with Gasteiger partial charge in [-0.1, -0.05) is 0 Å². The summed E-state index contributed by atoms with van der Waals surface area (Å²) in [5.74, 6) is 1.37. The third kappa shape index (κ3) is 11.3. The molecule has 22 heavy (non-hydrogen) atoms. The van der Waals surface area contributed by atoms with E-state index in [4.69, 9.17) is 22.8 Å². The molecule has 0 aromatic rings. The Morgan fingerprint density at radius 2 is 1.23 bits per heavy atom. The molecule has 0 unspecified atom stereocenters. The lowest BCUT2D eigenvalue weighted by Crippen LogP contribution is -2.42. The molecule has 0 saturated heterocycles. The minimum absolute atomic E-state index is 0.400. The van der Waals surface area contributed by atoms with E-state index in [0.29, 0.717) is 0 Å². The smallest absolute Gasteiger partial charge is 0.377 e. The van der Waals surface area contributed by atoms with Gasteiger partial charge in [0, 0.05) is 48.0 Å². The molecule has 0 spiro atoms. The first kappa shape index (κ1) is 25.0. The van der Waals surface area contributed by atoms with Gasteiger partial charge in [0.05, 0.1) is 0 Å². The molecule has 0 aromatic heterocycles. The molecule has 0 N–H and O–H groups in total. The number of thiol groups is 2. The maximum Gasteiger partial charge on any atom is 0.500 e. The molecular weight excluding hydrogens is 340 g/mol. The number of hydrogen-bond donors (Lipinski definition) is 2. The maximum atomic E-state index is 5.20. The van der Waals surface area contributed by atoms with Gasteiger partial charge in [0.1, 0.15) is 0 Å². The Bertz CT molecular complexity index is 231. The van der Waals surface area contributed by atoms with E-state index in [-0.39, 0.29) is 0 Å². The van der Waals surface area contributed by atoms with Crippen molar-refractivity contribution in [3.63, 3.8) is 0 Å². The van der Waals surface area contributed by atoms with Gasteiger partial charge in [-0.05, 0) is 37.7 Å². The van der Waals surface area contributed by atoms with Crippen molar-refractivity contribution in [2.24, 2.45) is 0 Å². The van der Waals surface area contributed by atoms with Crippen LogP contribution >= 0.6 is 25.3 Å². The van der Waals surface area contributed by atoms with Gasteiger partial charge in [-0.15, -0.1) is 0 Å². The van der Waals surface area contributed by atoms with Crippen LogP contribution in [0, 0.1) is 0 Å². The zero-order valence-corrected chi connectivity index (χ0v) is 17.7. The van der Waals surface area contributed by atoms with Crippen LogP contribution < -0.4 is 0 Å². The molecule has 0 amide bonds. The summed E-state index contributed by atoms with van der Waals surface area (Å²) < 4.78 is 26.0. The fraction of sp³-hybridized carbons (Fsp3) is 1.00. The minimum atomic E-state index is -2.29. The lowest BCUT2D eigenvalue weighted by atomic mass is 10.1. The van der Waals surface area contributed by atoms with E-state index in [2.05, 4.69) is 25.3 Å². The van der Waals surface area contributed by atoms with E-state index in [9.17, 15) is 0 Å². The maximum absolute atomic E-state index is 5.20. The van der Waals surface area contributed by atoms with Gasteiger partial charge in [0.25, 0.3) is 0 Å². The summed E-state index contributed by atoms with van der Waals surface area (Å²) in [6.45, 7) is 1.95. The average molecular weight is 375 g/mol. The highest BCUT2D eigenvalue weighted by Gasteiger charge is 2.36. The molecule has 0 aliphatic rings. The number of rotatable bonds is 12. The molecule has 0 aromatic carbocycles.